The van der Waals surface area contributed by atoms with Gasteiger partial charge in [-0.25, -0.2) is 4.98 Å². The third-order valence-electron chi connectivity index (χ3n) is 2.44. The van der Waals surface area contributed by atoms with Crippen molar-refractivity contribution in [1.29, 1.82) is 0 Å². The van der Waals surface area contributed by atoms with Gasteiger partial charge >= 0.3 is 0 Å². The summed E-state index contributed by atoms with van der Waals surface area (Å²) < 4.78 is 0. The highest BCUT2D eigenvalue weighted by Crippen LogP contribution is 2.27. The number of aromatic nitrogens is 1. The summed E-state index contributed by atoms with van der Waals surface area (Å²) in [6.07, 6.45) is 2.60. The smallest absolute Gasteiger partial charge is 0.185 e. The van der Waals surface area contributed by atoms with E-state index in [1.54, 1.807) is 11.3 Å². The van der Waals surface area contributed by atoms with Gasteiger partial charge in [0.15, 0.2) is 5.13 Å². The highest BCUT2D eigenvalue weighted by atomic mass is 32.1. The van der Waals surface area contributed by atoms with Gasteiger partial charge in [0.2, 0.25) is 0 Å². The monoisotopic (exact) mass is 197 g/mol. The van der Waals surface area contributed by atoms with Crippen molar-refractivity contribution in [2.75, 3.05) is 18.0 Å². The van der Waals surface area contributed by atoms with E-state index in [1.165, 1.54) is 17.7 Å². The maximum absolute atomic E-state index is 5.61. The van der Waals surface area contributed by atoms with E-state index < -0.39 is 0 Å². The van der Waals surface area contributed by atoms with Gasteiger partial charge in [-0.1, -0.05) is 0 Å². The van der Waals surface area contributed by atoms with Gasteiger partial charge in [-0.05, 0) is 19.8 Å². The first-order valence-electron chi connectivity index (χ1n) is 4.72. The van der Waals surface area contributed by atoms with Crippen molar-refractivity contribution in [3.05, 3.63) is 10.6 Å². The lowest BCUT2D eigenvalue weighted by Gasteiger charge is -2.11. The lowest BCUT2D eigenvalue weighted by atomic mass is 10.4. The summed E-state index contributed by atoms with van der Waals surface area (Å²) in [6, 6.07) is 0. The van der Waals surface area contributed by atoms with E-state index in [1.807, 2.05) is 6.92 Å². The quantitative estimate of drug-likeness (QED) is 0.781. The number of hydrogen-bond acceptors (Lipinski definition) is 4. The Kier molecular flexibility index (Phi) is 2.51. The molecule has 1 aliphatic heterocycles. The number of aryl methyl sites for hydroxylation is 1. The zero-order valence-electron chi connectivity index (χ0n) is 7.92. The van der Waals surface area contributed by atoms with E-state index in [0.29, 0.717) is 6.54 Å². The van der Waals surface area contributed by atoms with E-state index in [-0.39, 0.29) is 0 Å². The molecule has 0 spiro atoms. The van der Waals surface area contributed by atoms with Crippen molar-refractivity contribution in [3.63, 3.8) is 0 Å². The van der Waals surface area contributed by atoms with Gasteiger partial charge in [-0.3, -0.25) is 0 Å². The Balaban J connectivity index is 2.20. The maximum Gasteiger partial charge on any atom is 0.185 e. The molecule has 1 aromatic rings. The standard InChI is InChI=1S/C9H15N3S/c1-7-8(6-10)13-9(11-7)12-4-2-3-5-12/h2-6,10H2,1H3. The molecule has 0 atom stereocenters. The normalized spacial score (nSPS) is 16.9. The minimum Gasteiger partial charge on any atom is -0.348 e. The van der Waals surface area contributed by atoms with Crippen LogP contribution in [0, 0.1) is 6.92 Å². The molecule has 72 valence electrons. The van der Waals surface area contributed by atoms with Crippen molar-refractivity contribution in [1.82, 2.24) is 4.98 Å². The molecule has 2 rings (SSSR count). The molecular weight excluding hydrogens is 182 g/mol. The van der Waals surface area contributed by atoms with Crippen LogP contribution in [-0.4, -0.2) is 18.1 Å². The second-order valence-corrected chi connectivity index (χ2v) is 4.47. The minimum atomic E-state index is 0.622. The Bertz CT molecular complexity index is 289. The van der Waals surface area contributed by atoms with Crippen LogP contribution in [0.2, 0.25) is 0 Å². The Labute approximate surface area is 82.6 Å². The summed E-state index contributed by atoms with van der Waals surface area (Å²) in [4.78, 5) is 8.11. The molecule has 0 amide bonds. The van der Waals surface area contributed by atoms with Crippen LogP contribution in [0.4, 0.5) is 5.13 Å². The van der Waals surface area contributed by atoms with E-state index in [0.717, 1.165) is 23.9 Å². The predicted octanol–water partition coefficient (Wildman–Crippen LogP) is 1.51. The first-order chi connectivity index (χ1) is 6.31. The molecule has 2 N–H and O–H groups in total. The van der Waals surface area contributed by atoms with Crippen molar-refractivity contribution in [3.8, 4) is 0 Å². The van der Waals surface area contributed by atoms with Gasteiger partial charge in [-0.2, -0.15) is 0 Å². The fourth-order valence-corrected chi connectivity index (χ4v) is 2.64. The van der Waals surface area contributed by atoms with Crippen LogP contribution in [0.25, 0.3) is 0 Å². The molecule has 3 nitrogen and oxygen atoms in total. The molecule has 0 radical (unpaired) electrons. The minimum absolute atomic E-state index is 0.622. The molecule has 2 heterocycles. The first kappa shape index (κ1) is 8.97. The van der Waals surface area contributed by atoms with Crippen LogP contribution in [0.5, 0.6) is 0 Å². The Hall–Kier alpha value is -0.610. The van der Waals surface area contributed by atoms with Gasteiger partial charge in [0.05, 0.1) is 5.69 Å². The predicted molar refractivity (Wildman–Crippen MR) is 56.2 cm³/mol. The van der Waals surface area contributed by atoms with Crippen LogP contribution in [0.1, 0.15) is 23.4 Å². The van der Waals surface area contributed by atoms with Gasteiger partial charge in [-0.15, -0.1) is 11.3 Å². The van der Waals surface area contributed by atoms with Crippen molar-refractivity contribution >= 4 is 16.5 Å². The second-order valence-electron chi connectivity index (χ2n) is 3.40. The molecule has 1 saturated heterocycles. The number of anilines is 1. The number of nitrogens with zero attached hydrogens (tertiary/aromatic N) is 2. The third kappa shape index (κ3) is 1.69. The average Bonchev–Trinajstić information content (AvgIpc) is 2.71. The topological polar surface area (TPSA) is 42.2 Å². The summed E-state index contributed by atoms with van der Waals surface area (Å²) in [5.74, 6) is 0. The van der Waals surface area contributed by atoms with Crippen LogP contribution in [0.15, 0.2) is 0 Å². The molecule has 1 aliphatic rings. The van der Waals surface area contributed by atoms with Crippen LogP contribution in [0.3, 0.4) is 0 Å². The Morgan fingerprint density at radius 1 is 1.46 bits per heavy atom. The third-order valence-corrected chi connectivity index (χ3v) is 3.68. The van der Waals surface area contributed by atoms with E-state index in [4.69, 9.17) is 5.73 Å². The molecule has 0 unspecified atom stereocenters. The van der Waals surface area contributed by atoms with E-state index in [9.17, 15) is 0 Å². The summed E-state index contributed by atoms with van der Waals surface area (Å²) in [5.41, 5.74) is 6.72. The molecule has 0 saturated carbocycles. The average molecular weight is 197 g/mol. The molecule has 13 heavy (non-hydrogen) atoms. The Morgan fingerprint density at radius 3 is 2.69 bits per heavy atom. The summed E-state index contributed by atoms with van der Waals surface area (Å²) in [6.45, 7) is 4.99. The van der Waals surface area contributed by atoms with E-state index in [2.05, 4.69) is 9.88 Å². The largest absolute Gasteiger partial charge is 0.348 e. The van der Waals surface area contributed by atoms with Crippen molar-refractivity contribution < 1.29 is 0 Å². The number of nitrogens with two attached hydrogens (primary N) is 1. The van der Waals surface area contributed by atoms with Crippen LogP contribution in [-0.2, 0) is 6.54 Å². The summed E-state index contributed by atoms with van der Waals surface area (Å²) in [7, 11) is 0. The van der Waals surface area contributed by atoms with Gasteiger partial charge in [0.1, 0.15) is 0 Å². The fraction of sp³-hybridized carbons (Fsp3) is 0.667. The van der Waals surface area contributed by atoms with Crippen LogP contribution >= 0.6 is 11.3 Å². The number of hydrogen-bond donors (Lipinski definition) is 1. The van der Waals surface area contributed by atoms with Crippen molar-refractivity contribution in [2.45, 2.75) is 26.3 Å². The van der Waals surface area contributed by atoms with E-state index >= 15 is 0 Å². The number of rotatable bonds is 2. The summed E-state index contributed by atoms with van der Waals surface area (Å²) >= 11 is 1.75. The molecule has 4 heteroatoms. The molecule has 0 aliphatic carbocycles. The molecule has 1 fully saturated rings. The number of thiazole rings is 1. The molecule has 0 bridgehead atoms. The van der Waals surface area contributed by atoms with Crippen LogP contribution < -0.4 is 10.6 Å². The van der Waals surface area contributed by atoms with Crippen molar-refractivity contribution in [2.24, 2.45) is 5.73 Å². The highest BCUT2D eigenvalue weighted by Gasteiger charge is 2.16. The highest BCUT2D eigenvalue weighted by molar-refractivity contribution is 7.15. The SMILES string of the molecule is Cc1nc(N2CCCC2)sc1CN. The lowest BCUT2D eigenvalue weighted by Crippen LogP contribution is -2.17. The summed E-state index contributed by atoms with van der Waals surface area (Å²) in [5, 5.41) is 1.16. The fourth-order valence-electron chi connectivity index (χ4n) is 1.65. The molecular formula is C9H15N3S. The second kappa shape index (κ2) is 3.64. The molecule has 1 aromatic heterocycles. The Morgan fingerprint density at radius 2 is 2.15 bits per heavy atom. The van der Waals surface area contributed by atoms with Gasteiger partial charge in [0, 0.05) is 24.5 Å². The van der Waals surface area contributed by atoms with Gasteiger partial charge in [0.25, 0.3) is 0 Å². The van der Waals surface area contributed by atoms with Gasteiger partial charge < -0.3 is 10.6 Å². The molecule has 0 aromatic carbocycles. The zero-order chi connectivity index (χ0) is 9.26. The first-order valence-corrected chi connectivity index (χ1v) is 5.54. The lowest BCUT2D eigenvalue weighted by molar-refractivity contribution is 0.949. The zero-order valence-corrected chi connectivity index (χ0v) is 8.73. The maximum atomic E-state index is 5.61.